The van der Waals surface area contributed by atoms with E-state index >= 15 is 0 Å². The van der Waals surface area contributed by atoms with Crippen molar-refractivity contribution in [2.24, 2.45) is 0 Å². The van der Waals surface area contributed by atoms with E-state index in [2.05, 4.69) is 10.6 Å². The molecule has 0 saturated carbocycles. The maximum absolute atomic E-state index is 12.4. The number of methoxy groups -OCH3 is 1. The van der Waals surface area contributed by atoms with Crippen LogP contribution in [-0.4, -0.2) is 56.7 Å². The zero-order valence-corrected chi connectivity index (χ0v) is 15.2. The normalized spacial score (nSPS) is 14.4. The highest BCUT2D eigenvalue weighted by Crippen LogP contribution is 2.17. The minimum Gasteiger partial charge on any atom is -0.497 e. The average Bonchev–Trinajstić information content (AvgIpc) is 2.69. The standard InChI is InChI=1S/C20H23N3O4/c1-26-18-7-5-15(6-8-18)20(25)22-17-4-2-3-16(13-17)21-19(24)14-23-9-11-27-12-10-23/h2-8,13H,9-12,14H2,1H3,(H,21,24)(H,22,25). The first kappa shape index (κ1) is 18.9. The topological polar surface area (TPSA) is 79.9 Å². The highest BCUT2D eigenvalue weighted by Gasteiger charge is 2.14. The molecule has 0 unspecified atom stereocenters. The van der Waals surface area contributed by atoms with Crippen LogP contribution in [0.2, 0.25) is 0 Å². The summed E-state index contributed by atoms with van der Waals surface area (Å²) in [5.41, 5.74) is 1.78. The van der Waals surface area contributed by atoms with Crippen molar-refractivity contribution in [3.05, 3.63) is 54.1 Å². The molecule has 1 saturated heterocycles. The Hall–Kier alpha value is -2.90. The van der Waals surface area contributed by atoms with E-state index in [-0.39, 0.29) is 11.8 Å². The summed E-state index contributed by atoms with van der Waals surface area (Å²) in [7, 11) is 1.58. The van der Waals surface area contributed by atoms with Crippen molar-refractivity contribution in [2.75, 3.05) is 50.6 Å². The lowest BCUT2D eigenvalue weighted by atomic mass is 10.2. The quantitative estimate of drug-likeness (QED) is 0.816. The van der Waals surface area contributed by atoms with Gasteiger partial charge in [0.1, 0.15) is 5.75 Å². The zero-order valence-electron chi connectivity index (χ0n) is 15.2. The second-order valence-corrected chi connectivity index (χ2v) is 6.20. The van der Waals surface area contributed by atoms with Crippen LogP contribution in [0.25, 0.3) is 0 Å². The molecule has 2 N–H and O–H groups in total. The van der Waals surface area contributed by atoms with E-state index in [4.69, 9.17) is 9.47 Å². The summed E-state index contributed by atoms with van der Waals surface area (Å²) >= 11 is 0. The molecule has 0 atom stereocenters. The molecule has 7 heteroatoms. The smallest absolute Gasteiger partial charge is 0.255 e. The first-order valence-electron chi connectivity index (χ1n) is 8.79. The summed E-state index contributed by atoms with van der Waals surface area (Å²) in [5.74, 6) is 0.376. The highest BCUT2D eigenvalue weighted by molar-refractivity contribution is 6.04. The molecule has 1 heterocycles. The molecule has 1 fully saturated rings. The van der Waals surface area contributed by atoms with Crippen LogP contribution in [-0.2, 0) is 9.53 Å². The third kappa shape index (κ3) is 5.54. The maximum Gasteiger partial charge on any atom is 0.255 e. The molecule has 27 heavy (non-hydrogen) atoms. The minimum absolute atomic E-state index is 0.0875. The fraction of sp³-hybridized carbons (Fsp3) is 0.300. The Labute approximate surface area is 158 Å². The van der Waals surface area contributed by atoms with E-state index in [1.54, 1.807) is 55.6 Å². The van der Waals surface area contributed by atoms with Crippen molar-refractivity contribution in [3.63, 3.8) is 0 Å². The van der Waals surface area contributed by atoms with Gasteiger partial charge >= 0.3 is 0 Å². The van der Waals surface area contributed by atoms with Gasteiger partial charge in [0.05, 0.1) is 26.9 Å². The Bertz CT molecular complexity index is 786. The van der Waals surface area contributed by atoms with E-state index < -0.39 is 0 Å². The summed E-state index contributed by atoms with van der Waals surface area (Å²) in [4.78, 5) is 26.6. The van der Waals surface area contributed by atoms with Crippen LogP contribution in [0.1, 0.15) is 10.4 Å². The molecule has 3 rings (SSSR count). The number of carbonyl (C=O) groups excluding carboxylic acids is 2. The molecule has 2 aromatic carbocycles. The van der Waals surface area contributed by atoms with Gasteiger partial charge in [0.2, 0.25) is 5.91 Å². The Morgan fingerprint density at radius 2 is 1.70 bits per heavy atom. The van der Waals surface area contributed by atoms with Gasteiger partial charge < -0.3 is 20.1 Å². The number of morpholine rings is 1. The second kappa shape index (κ2) is 9.16. The number of nitrogens with one attached hydrogen (secondary N) is 2. The largest absolute Gasteiger partial charge is 0.497 e. The predicted octanol–water partition coefficient (Wildman–Crippen LogP) is 2.22. The lowest BCUT2D eigenvalue weighted by Crippen LogP contribution is -2.41. The van der Waals surface area contributed by atoms with Crippen LogP contribution in [0.4, 0.5) is 11.4 Å². The minimum atomic E-state index is -0.227. The van der Waals surface area contributed by atoms with Gasteiger partial charge in [-0.3, -0.25) is 14.5 Å². The van der Waals surface area contributed by atoms with Gasteiger partial charge in [-0.15, -0.1) is 0 Å². The van der Waals surface area contributed by atoms with Gasteiger partial charge in [0.15, 0.2) is 0 Å². The summed E-state index contributed by atoms with van der Waals surface area (Å²) in [6, 6.07) is 13.9. The van der Waals surface area contributed by atoms with E-state index in [9.17, 15) is 9.59 Å². The van der Waals surface area contributed by atoms with E-state index in [0.717, 1.165) is 13.1 Å². The fourth-order valence-electron chi connectivity index (χ4n) is 2.78. The van der Waals surface area contributed by atoms with Gasteiger partial charge in [0.25, 0.3) is 5.91 Å². The van der Waals surface area contributed by atoms with Crippen molar-refractivity contribution >= 4 is 23.2 Å². The van der Waals surface area contributed by atoms with Crippen LogP contribution in [0.15, 0.2) is 48.5 Å². The van der Waals surface area contributed by atoms with Crippen LogP contribution in [0, 0.1) is 0 Å². The van der Waals surface area contributed by atoms with Gasteiger partial charge in [-0.2, -0.15) is 0 Å². The van der Waals surface area contributed by atoms with Crippen molar-refractivity contribution in [2.45, 2.75) is 0 Å². The van der Waals surface area contributed by atoms with Gasteiger partial charge in [-0.05, 0) is 42.5 Å². The first-order chi connectivity index (χ1) is 13.1. The number of amides is 2. The summed E-state index contributed by atoms with van der Waals surface area (Å²) in [5, 5.41) is 5.70. The second-order valence-electron chi connectivity index (χ2n) is 6.20. The van der Waals surface area contributed by atoms with Gasteiger partial charge in [-0.1, -0.05) is 6.07 Å². The summed E-state index contributed by atoms with van der Waals surface area (Å²) in [6.45, 7) is 3.14. The molecular formula is C20H23N3O4. The molecule has 7 nitrogen and oxygen atoms in total. The third-order valence-corrected chi connectivity index (χ3v) is 4.23. The summed E-state index contributed by atoms with van der Waals surface area (Å²) < 4.78 is 10.4. The molecule has 1 aliphatic rings. The van der Waals surface area contributed by atoms with Crippen LogP contribution in [0.3, 0.4) is 0 Å². The molecule has 0 radical (unpaired) electrons. The molecule has 142 valence electrons. The lowest BCUT2D eigenvalue weighted by Gasteiger charge is -2.25. The number of benzene rings is 2. The van der Waals surface area contributed by atoms with Crippen LogP contribution in [0.5, 0.6) is 5.75 Å². The molecule has 0 spiro atoms. The number of nitrogens with zero attached hydrogens (tertiary/aromatic N) is 1. The van der Waals surface area contributed by atoms with Crippen molar-refractivity contribution < 1.29 is 19.1 Å². The molecular weight excluding hydrogens is 346 g/mol. The Kier molecular flexibility index (Phi) is 6.40. The monoisotopic (exact) mass is 369 g/mol. The average molecular weight is 369 g/mol. The Morgan fingerprint density at radius 3 is 2.37 bits per heavy atom. The molecule has 1 aliphatic heterocycles. The number of carbonyl (C=O) groups is 2. The summed E-state index contributed by atoms with van der Waals surface area (Å²) in [6.07, 6.45) is 0. The third-order valence-electron chi connectivity index (χ3n) is 4.23. The van der Waals surface area contributed by atoms with Gasteiger partial charge in [-0.25, -0.2) is 0 Å². The first-order valence-corrected chi connectivity index (χ1v) is 8.79. The Morgan fingerprint density at radius 1 is 1.04 bits per heavy atom. The lowest BCUT2D eigenvalue weighted by molar-refractivity contribution is -0.118. The van der Waals surface area contributed by atoms with Crippen molar-refractivity contribution in [3.8, 4) is 5.75 Å². The van der Waals surface area contributed by atoms with E-state index in [1.807, 2.05) is 4.90 Å². The number of ether oxygens (including phenoxy) is 2. The van der Waals surface area contributed by atoms with E-state index in [0.29, 0.717) is 42.4 Å². The molecule has 0 aliphatic carbocycles. The van der Waals surface area contributed by atoms with Crippen molar-refractivity contribution in [1.82, 2.24) is 4.90 Å². The molecule has 2 amide bonds. The van der Waals surface area contributed by atoms with Crippen LogP contribution < -0.4 is 15.4 Å². The SMILES string of the molecule is COc1ccc(C(=O)Nc2cccc(NC(=O)CN3CCOCC3)c2)cc1. The number of hydrogen-bond acceptors (Lipinski definition) is 5. The number of rotatable bonds is 6. The zero-order chi connectivity index (χ0) is 19.1. The fourth-order valence-corrected chi connectivity index (χ4v) is 2.78. The number of anilines is 2. The van der Waals surface area contributed by atoms with Gasteiger partial charge in [0, 0.05) is 30.0 Å². The Balaban J connectivity index is 1.57. The molecule has 0 bridgehead atoms. The van der Waals surface area contributed by atoms with Crippen molar-refractivity contribution in [1.29, 1.82) is 0 Å². The van der Waals surface area contributed by atoms with E-state index in [1.165, 1.54) is 0 Å². The van der Waals surface area contributed by atoms with Crippen LogP contribution >= 0.6 is 0 Å². The molecule has 2 aromatic rings. The predicted molar refractivity (Wildman–Crippen MR) is 103 cm³/mol. The maximum atomic E-state index is 12.4. The molecule has 0 aromatic heterocycles. The highest BCUT2D eigenvalue weighted by atomic mass is 16.5. The number of hydrogen-bond donors (Lipinski definition) is 2.